The maximum atomic E-state index is 9.50. The van der Waals surface area contributed by atoms with Crippen molar-refractivity contribution in [2.24, 2.45) is 5.41 Å². The molecule has 2 aromatic rings. The van der Waals surface area contributed by atoms with E-state index in [0.717, 1.165) is 49.0 Å². The Kier molecular flexibility index (Phi) is 3.92. The number of piperidine rings is 1. The number of aliphatic hydroxyl groups is 1. The molecule has 0 bridgehead atoms. The summed E-state index contributed by atoms with van der Waals surface area (Å²) in [5.41, 5.74) is 0.0153. The highest BCUT2D eigenvalue weighted by atomic mass is 32.1. The third kappa shape index (κ3) is 2.95. The smallest absolute Gasteiger partial charge is 0.209 e. The van der Waals surface area contributed by atoms with Crippen molar-refractivity contribution in [1.82, 2.24) is 9.88 Å². The van der Waals surface area contributed by atoms with Crippen LogP contribution < -0.4 is 0 Å². The van der Waals surface area contributed by atoms with Gasteiger partial charge in [0.25, 0.3) is 0 Å². The zero-order valence-electron chi connectivity index (χ0n) is 11.7. The van der Waals surface area contributed by atoms with Gasteiger partial charge in [-0.25, -0.2) is 4.98 Å². The molecule has 1 atom stereocenters. The van der Waals surface area contributed by atoms with Crippen LogP contribution in [0, 0.1) is 5.41 Å². The van der Waals surface area contributed by atoms with Crippen LogP contribution in [0.4, 0.5) is 0 Å². The highest BCUT2D eigenvalue weighted by Crippen LogP contribution is 2.30. The molecule has 1 aliphatic heterocycles. The monoisotopic (exact) mass is 292 g/mol. The average Bonchev–Trinajstić information content (AvgIpc) is 3.09. The van der Waals surface area contributed by atoms with Crippen LogP contribution >= 0.6 is 11.3 Å². The van der Waals surface area contributed by atoms with Gasteiger partial charge in [0, 0.05) is 18.6 Å². The molecule has 0 aliphatic carbocycles. The maximum Gasteiger partial charge on any atom is 0.209 e. The van der Waals surface area contributed by atoms with Crippen LogP contribution in [0.15, 0.2) is 28.1 Å². The molecule has 0 aromatic carbocycles. The Labute approximate surface area is 123 Å². The van der Waals surface area contributed by atoms with Crippen LogP contribution in [-0.4, -0.2) is 34.7 Å². The summed E-state index contributed by atoms with van der Waals surface area (Å²) >= 11 is 1.66. The lowest BCUT2D eigenvalue weighted by molar-refractivity contribution is 0.0392. The van der Waals surface area contributed by atoms with E-state index in [-0.39, 0.29) is 12.0 Å². The number of hydrogen-bond donors (Lipinski definition) is 1. The zero-order valence-corrected chi connectivity index (χ0v) is 12.5. The predicted molar refractivity (Wildman–Crippen MR) is 79.5 cm³/mol. The van der Waals surface area contributed by atoms with Gasteiger partial charge >= 0.3 is 0 Å². The molecule has 1 unspecified atom stereocenters. The van der Waals surface area contributed by atoms with Gasteiger partial charge in [0.1, 0.15) is 0 Å². The molecule has 0 spiro atoms. The lowest BCUT2D eigenvalue weighted by Gasteiger charge is -2.38. The standard InChI is InChI=1S/C15H20N2O2S/c1-15(11-18)5-3-6-17(10-15)9-14-16-8-12(19-14)13-4-2-7-20-13/h2,4,7-8,18H,3,5-6,9-11H2,1H3. The van der Waals surface area contributed by atoms with E-state index in [9.17, 15) is 5.11 Å². The molecule has 0 radical (unpaired) electrons. The quantitative estimate of drug-likeness (QED) is 0.941. The molecule has 0 saturated carbocycles. The van der Waals surface area contributed by atoms with Gasteiger partial charge in [-0.1, -0.05) is 13.0 Å². The Morgan fingerprint density at radius 1 is 1.55 bits per heavy atom. The fraction of sp³-hybridized carbons (Fsp3) is 0.533. The van der Waals surface area contributed by atoms with Gasteiger partial charge in [0.05, 0.1) is 17.6 Å². The Balaban J connectivity index is 1.66. The summed E-state index contributed by atoms with van der Waals surface area (Å²) in [6, 6.07) is 4.05. The second kappa shape index (κ2) is 5.68. The second-order valence-electron chi connectivity index (χ2n) is 5.88. The lowest BCUT2D eigenvalue weighted by atomic mass is 9.83. The van der Waals surface area contributed by atoms with Crippen molar-refractivity contribution in [3.05, 3.63) is 29.6 Å². The first-order valence-corrected chi connectivity index (χ1v) is 7.88. The minimum atomic E-state index is 0.0153. The summed E-state index contributed by atoms with van der Waals surface area (Å²) in [5.74, 6) is 1.60. The molecular formula is C15H20N2O2S. The van der Waals surface area contributed by atoms with Crippen molar-refractivity contribution < 1.29 is 9.52 Å². The SMILES string of the molecule is CC1(CO)CCCN(Cc2ncc(-c3cccs3)o2)C1. The van der Waals surface area contributed by atoms with E-state index >= 15 is 0 Å². The summed E-state index contributed by atoms with van der Waals surface area (Å²) in [4.78, 5) is 7.81. The number of hydrogen-bond acceptors (Lipinski definition) is 5. The molecule has 1 fully saturated rings. The minimum absolute atomic E-state index is 0.0153. The molecule has 5 heteroatoms. The van der Waals surface area contributed by atoms with Crippen LogP contribution in [0.1, 0.15) is 25.7 Å². The highest BCUT2D eigenvalue weighted by molar-refractivity contribution is 7.13. The van der Waals surface area contributed by atoms with Gasteiger partial charge in [-0.15, -0.1) is 11.3 Å². The van der Waals surface area contributed by atoms with Crippen LogP contribution in [0.3, 0.4) is 0 Å². The number of thiophene rings is 1. The molecular weight excluding hydrogens is 272 g/mol. The van der Waals surface area contributed by atoms with E-state index in [2.05, 4.69) is 16.8 Å². The van der Waals surface area contributed by atoms with E-state index in [4.69, 9.17) is 4.42 Å². The van der Waals surface area contributed by atoms with Crippen LogP contribution in [0.2, 0.25) is 0 Å². The molecule has 0 amide bonds. The Hall–Kier alpha value is -1.17. The first-order chi connectivity index (χ1) is 9.68. The fourth-order valence-electron chi connectivity index (χ4n) is 2.80. The number of aromatic nitrogens is 1. The maximum absolute atomic E-state index is 9.50. The average molecular weight is 292 g/mol. The van der Waals surface area contributed by atoms with Crippen LogP contribution in [-0.2, 0) is 6.54 Å². The molecule has 1 N–H and O–H groups in total. The van der Waals surface area contributed by atoms with Crippen molar-refractivity contribution in [2.45, 2.75) is 26.3 Å². The van der Waals surface area contributed by atoms with E-state index in [1.807, 2.05) is 17.5 Å². The van der Waals surface area contributed by atoms with E-state index in [0.29, 0.717) is 0 Å². The molecule has 3 heterocycles. The normalized spacial score (nSPS) is 24.1. The predicted octanol–water partition coefficient (Wildman–Crippen LogP) is 3.00. The second-order valence-corrected chi connectivity index (χ2v) is 6.83. The Bertz CT molecular complexity index is 552. The third-order valence-electron chi connectivity index (χ3n) is 3.92. The highest BCUT2D eigenvalue weighted by Gasteiger charge is 2.30. The van der Waals surface area contributed by atoms with Gasteiger partial charge in [-0.3, -0.25) is 4.90 Å². The van der Waals surface area contributed by atoms with Gasteiger partial charge < -0.3 is 9.52 Å². The van der Waals surface area contributed by atoms with E-state index < -0.39 is 0 Å². The summed E-state index contributed by atoms with van der Waals surface area (Å²) in [7, 11) is 0. The van der Waals surface area contributed by atoms with Crippen LogP contribution in [0.25, 0.3) is 10.6 Å². The van der Waals surface area contributed by atoms with Crippen molar-refractivity contribution in [1.29, 1.82) is 0 Å². The molecule has 20 heavy (non-hydrogen) atoms. The number of likely N-dealkylation sites (tertiary alicyclic amines) is 1. The minimum Gasteiger partial charge on any atom is -0.438 e. The third-order valence-corrected chi connectivity index (χ3v) is 4.80. The van der Waals surface area contributed by atoms with Gasteiger partial charge in [0.2, 0.25) is 5.89 Å². The Morgan fingerprint density at radius 2 is 2.45 bits per heavy atom. The molecule has 4 nitrogen and oxygen atoms in total. The van der Waals surface area contributed by atoms with E-state index in [1.165, 1.54) is 0 Å². The van der Waals surface area contributed by atoms with Crippen molar-refractivity contribution in [3.8, 4) is 10.6 Å². The fourth-order valence-corrected chi connectivity index (χ4v) is 3.47. The van der Waals surface area contributed by atoms with Gasteiger partial charge in [-0.05, 0) is 30.8 Å². The van der Waals surface area contributed by atoms with Crippen molar-refractivity contribution in [2.75, 3.05) is 19.7 Å². The number of nitrogens with zero attached hydrogens (tertiary/aromatic N) is 2. The summed E-state index contributed by atoms with van der Waals surface area (Å²) in [6.07, 6.45) is 4.01. The van der Waals surface area contributed by atoms with Crippen molar-refractivity contribution in [3.63, 3.8) is 0 Å². The first-order valence-electron chi connectivity index (χ1n) is 7.00. The van der Waals surface area contributed by atoms with E-state index in [1.54, 1.807) is 17.5 Å². The summed E-state index contributed by atoms with van der Waals surface area (Å²) < 4.78 is 5.83. The molecule has 1 aliphatic rings. The van der Waals surface area contributed by atoms with Crippen LogP contribution in [0.5, 0.6) is 0 Å². The topological polar surface area (TPSA) is 49.5 Å². The van der Waals surface area contributed by atoms with Gasteiger partial charge in [0.15, 0.2) is 5.76 Å². The molecule has 2 aromatic heterocycles. The summed E-state index contributed by atoms with van der Waals surface area (Å²) in [5, 5.41) is 11.5. The Morgan fingerprint density at radius 3 is 3.20 bits per heavy atom. The molecule has 108 valence electrons. The number of oxazole rings is 1. The number of aliphatic hydroxyl groups excluding tert-OH is 1. The van der Waals surface area contributed by atoms with Crippen molar-refractivity contribution >= 4 is 11.3 Å². The summed E-state index contributed by atoms with van der Waals surface area (Å²) in [6.45, 7) is 5.06. The number of rotatable bonds is 4. The molecule has 3 rings (SSSR count). The largest absolute Gasteiger partial charge is 0.438 e. The zero-order chi connectivity index (χ0) is 14.0. The first kappa shape index (κ1) is 13.8. The molecule has 1 saturated heterocycles. The van der Waals surface area contributed by atoms with Gasteiger partial charge in [-0.2, -0.15) is 0 Å². The lowest BCUT2D eigenvalue weighted by Crippen LogP contribution is -2.43.